The number of halogens is 3. The van der Waals surface area contributed by atoms with Gasteiger partial charge in [0.15, 0.2) is 0 Å². The SMILES string of the molecule is CCNC(Cc1cccc(Cl)c1)Cc1cc(F)ccc1F. The van der Waals surface area contributed by atoms with Gasteiger partial charge in [-0.05, 0) is 60.8 Å². The van der Waals surface area contributed by atoms with E-state index in [4.69, 9.17) is 11.6 Å². The number of benzene rings is 2. The van der Waals surface area contributed by atoms with Crippen LogP contribution in [0.2, 0.25) is 5.02 Å². The fourth-order valence-corrected chi connectivity index (χ4v) is 2.63. The zero-order valence-corrected chi connectivity index (χ0v) is 12.6. The summed E-state index contributed by atoms with van der Waals surface area (Å²) in [6.07, 6.45) is 1.15. The molecule has 4 heteroatoms. The largest absolute Gasteiger partial charge is 0.314 e. The Hall–Kier alpha value is -1.45. The number of rotatable bonds is 6. The van der Waals surface area contributed by atoms with E-state index in [1.54, 1.807) is 0 Å². The van der Waals surface area contributed by atoms with Crippen LogP contribution in [0.25, 0.3) is 0 Å². The van der Waals surface area contributed by atoms with Gasteiger partial charge in [-0.2, -0.15) is 0 Å². The minimum Gasteiger partial charge on any atom is -0.314 e. The first-order valence-electron chi connectivity index (χ1n) is 7.00. The van der Waals surface area contributed by atoms with Gasteiger partial charge in [0, 0.05) is 11.1 Å². The molecule has 1 N–H and O–H groups in total. The molecular weight excluding hydrogens is 292 g/mol. The maximum absolute atomic E-state index is 13.8. The smallest absolute Gasteiger partial charge is 0.126 e. The third kappa shape index (κ3) is 4.80. The number of likely N-dealkylation sites (N-methyl/N-ethyl adjacent to an activating group) is 1. The van der Waals surface area contributed by atoms with E-state index in [0.717, 1.165) is 18.2 Å². The molecule has 0 saturated heterocycles. The van der Waals surface area contributed by atoms with Crippen molar-refractivity contribution in [3.8, 4) is 0 Å². The highest BCUT2D eigenvalue weighted by Gasteiger charge is 2.13. The normalized spacial score (nSPS) is 12.4. The van der Waals surface area contributed by atoms with E-state index in [-0.39, 0.29) is 11.9 Å². The Morgan fingerprint density at radius 1 is 1.10 bits per heavy atom. The maximum atomic E-state index is 13.8. The standard InChI is InChI=1S/C17H18ClF2N/c1-2-21-16(9-12-4-3-5-14(18)8-12)11-13-10-15(19)6-7-17(13)20/h3-8,10,16,21H,2,9,11H2,1H3. The molecule has 0 aliphatic carbocycles. The second-order valence-electron chi connectivity index (χ2n) is 5.03. The lowest BCUT2D eigenvalue weighted by Crippen LogP contribution is -2.33. The molecule has 0 spiro atoms. The second kappa shape index (κ2) is 7.53. The zero-order chi connectivity index (χ0) is 15.2. The molecule has 0 aliphatic heterocycles. The molecule has 0 radical (unpaired) electrons. The van der Waals surface area contributed by atoms with E-state index < -0.39 is 5.82 Å². The Morgan fingerprint density at radius 3 is 2.62 bits per heavy atom. The van der Waals surface area contributed by atoms with Crippen LogP contribution < -0.4 is 5.32 Å². The first-order chi connectivity index (χ1) is 10.1. The van der Waals surface area contributed by atoms with Gasteiger partial charge in [0.2, 0.25) is 0 Å². The molecule has 1 nitrogen and oxygen atoms in total. The summed E-state index contributed by atoms with van der Waals surface area (Å²) in [5.74, 6) is -0.783. The van der Waals surface area contributed by atoms with Crippen molar-refractivity contribution in [2.24, 2.45) is 0 Å². The van der Waals surface area contributed by atoms with E-state index in [1.807, 2.05) is 31.2 Å². The van der Waals surface area contributed by atoms with Gasteiger partial charge in [-0.3, -0.25) is 0 Å². The van der Waals surface area contributed by atoms with E-state index in [1.165, 1.54) is 12.1 Å². The molecule has 0 saturated carbocycles. The third-order valence-corrected chi connectivity index (χ3v) is 3.57. The van der Waals surface area contributed by atoms with Crippen LogP contribution in [0.5, 0.6) is 0 Å². The Morgan fingerprint density at radius 2 is 1.90 bits per heavy atom. The van der Waals surface area contributed by atoms with Crippen molar-refractivity contribution in [2.45, 2.75) is 25.8 Å². The fourth-order valence-electron chi connectivity index (χ4n) is 2.42. The van der Waals surface area contributed by atoms with Crippen LogP contribution in [0.4, 0.5) is 8.78 Å². The van der Waals surface area contributed by atoms with E-state index in [0.29, 0.717) is 23.4 Å². The minimum absolute atomic E-state index is 0.0322. The number of hydrogen-bond acceptors (Lipinski definition) is 1. The van der Waals surface area contributed by atoms with Crippen LogP contribution in [0.3, 0.4) is 0 Å². The van der Waals surface area contributed by atoms with Gasteiger partial charge in [-0.25, -0.2) is 8.78 Å². The summed E-state index contributed by atoms with van der Waals surface area (Å²) in [5, 5.41) is 3.99. The molecule has 1 atom stereocenters. The van der Waals surface area contributed by atoms with Crippen molar-refractivity contribution < 1.29 is 8.78 Å². The highest BCUT2D eigenvalue weighted by Crippen LogP contribution is 2.16. The molecule has 2 aromatic rings. The summed E-state index contributed by atoms with van der Waals surface area (Å²) in [7, 11) is 0. The third-order valence-electron chi connectivity index (χ3n) is 3.34. The Bertz CT molecular complexity index is 601. The average molecular weight is 310 g/mol. The predicted molar refractivity (Wildman–Crippen MR) is 82.7 cm³/mol. The quantitative estimate of drug-likeness (QED) is 0.835. The summed E-state index contributed by atoms with van der Waals surface area (Å²) in [6, 6.07) is 11.2. The van der Waals surface area contributed by atoms with Crippen molar-refractivity contribution in [3.05, 3.63) is 70.2 Å². The summed E-state index contributed by atoms with van der Waals surface area (Å²) < 4.78 is 27.0. The van der Waals surface area contributed by atoms with E-state index >= 15 is 0 Å². The summed E-state index contributed by atoms with van der Waals surface area (Å²) >= 11 is 5.98. The highest BCUT2D eigenvalue weighted by atomic mass is 35.5. The monoisotopic (exact) mass is 309 g/mol. The molecule has 0 amide bonds. The van der Waals surface area contributed by atoms with Crippen LogP contribution in [0.15, 0.2) is 42.5 Å². The topological polar surface area (TPSA) is 12.0 Å². The molecule has 2 aromatic carbocycles. The molecule has 112 valence electrons. The van der Waals surface area contributed by atoms with Gasteiger partial charge in [0.1, 0.15) is 11.6 Å². The van der Waals surface area contributed by atoms with Crippen molar-refractivity contribution >= 4 is 11.6 Å². The lowest BCUT2D eigenvalue weighted by molar-refractivity contribution is 0.502. The van der Waals surface area contributed by atoms with Gasteiger partial charge in [0.05, 0.1) is 0 Å². The minimum atomic E-state index is -0.413. The molecule has 0 fully saturated rings. The number of nitrogens with one attached hydrogen (secondary N) is 1. The fraction of sp³-hybridized carbons (Fsp3) is 0.294. The zero-order valence-electron chi connectivity index (χ0n) is 11.9. The van der Waals surface area contributed by atoms with Crippen LogP contribution >= 0.6 is 11.6 Å². The summed E-state index contributed by atoms with van der Waals surface area (Å²) in [4.78, 5) is 0. The highest BCUT2D eigenvalue weighted by molar-refractivity contribution is 6.30. The van der Waals surface area contributed by atoms with Gasteiger partial charge in [0.25, 0.3) is 0 Å². The van der Waals surface area contributed by atoms with Gasteiger partial charge < -0.3 is 5.32 Å². The van der Waals surface area contributed by atoms with Gasteiger partial charge >= 0.3 is 0 Å². The van der Waals surface area contributed by atoms with E-state index in [9.17, 15) is 8.78 Å². The maximum Gasteiger partial charge on any atom is 0.126 e. The van der Waals surface area contributed by atoms with Crippen LogP contribution in [-0.4, -0.2) is 12.6 Å². The second-order valence-corrected chi connectivity index (χ2v) is 5.46. The van der Waals surface area contributed by atoms with Crippen molar-refractivity contribution in [3.63, 3.8) is 0 Å². The van der Waals surface area contributed by atoms with Crippen LogP contribution in [-0.2, 0) is 12.8 Å². The molecule has 0 aliphatic rings. The molecule has 0 heterocycles. The lowest BCUT2D eigenvalue weighted by Gasteiger charge is -2.18. The van der Waals surface area contributed by atoms with Gasteiger partial charge in [-0.15, -0.1) is 0 Å². The Kier molecular flexibility index (Phi) is 5.71. The first kappa shape index (κ1) is 15.9. The molecule has 21 heavy (non-hydrogen) atoms. The van der Waals surface area contributed by atoms with Crippen molar-refractivity contribution in [2.75, 3.05) is 6.54 Å². The first-order valence-corrected chi connectivity index (χ1v) is 7.38. The van der Waals surface area contributed by atoms with Crippen molar-refractivity contribution in [1.29, 1.82) is 0 Å². The lowest BCUT2D eigenvalue weighted by atomic mass is 9.98. The Balaban J connectivity index is 2.13. The van der Waals surface area contributed by atoms with E-state index in [2.05, 4.69) is 5.32 Å². The number of hydrogen-bond donors (Lipinski definition) is 1. The molecule has 1 unspecified atom stereocenters. The molecule has 0 aromatic heterocycles. The predicted octanol–water partition coefficient (Wildman–Crippen LogP) is 4.38. The Labute approximate surface area is 128 Å². The van der Waals surface area contributed by atoms with Crippen LogP contribution in [0, 0.1) is 11.6 Å². The average Bonchev–Trinajstić information content (AvgIpc) is 2.43. The molecule has 0 bridgehead atoms. The van der Waals surface area contributed by atoms with Crippen molar-refractivity contribution in [1.82, 2.24) is 5.32 Å². The summed E-state index contributed by atoms with van der Waals surface area (Å²) in [5.41, 5.74) is 1.47. The van der Waals surface area contributed by atoms with Gasteiger partial charge in [-0.1, -0.05) is 30.7 Å². The molecular formula is C17H18ClF2N. The molecule has 2 rings (SSSR count). The van der Waals surface area contributed by atoms with Crippen LogP contribution in [0.1, 0.15) is 18.1 Å². The summed E-state index contributed by atoms with van der Waals surface area (Å²) in [6.45, 7) is 2.76.